The molecule has 1 aliphatic rings. The minimum absolute atomic E-state index is 0.0526. The highest BCUT2D eigenvalue weighted by Gasteiger charge is 2.21. The second-order valence-electron chi connectivity index (χ2n) is 6.13. The number of hydrogen-bond acceptors (Lipinski definition) is 7. The second kappa shape index (κ2) is 10.1. The van der Waals surface area contributed by atoms with Crippen molar-refractivity contribution in [3.8, 4) is 23.7 Å². The number of amides is 1. The normalized spacial score (nSPS) is 15.7. The van der Waals surface area contributed by atoms with E-state index < -0.39 is 18.2 Å². The lowest BCUT2D eigenvalue weighted by Crippen LogP contribution is -2.35. The van der Waals surface area contributed by atoms with Crippen LogP contribution in [0.3, 0.4) is 0 Å². The zero-order chi connectivity index (χ0) is 21.3. The Bertz CT molecular complexity index is 973. The quantitative estimate of drug-likeness (QED) is 0.762. The largest absolute Gasteiger partial charge is 0.481 e. The summed E-state index contributed by atoms with van der Waals surface area (Å²) in [5.74, 6) is 5.81. The fraction of sp³-hybridized carbons (Fsp3) is 0.227. The molecule has 0 saturated heterocycles. The fourth-order valence-electron chi connectivity index (χ4n) is 2.58. The van der Waals surface area contributed by atoms with Crippen LogP contribution in [0.15, 0.2) is 60.8 Å². The first-order valence-corrected chi connectivity index (χ1v) is 9.11. The van der Waals surface area contributed by atoms with Gasteiger partial charge in [-0.25, -0.2) is 4.79 Å². The highest BCUT2D eigenvalue weighted by molar-refractivity contribution is 5.71. The number of carbonyl (C=O) groups is 1. The summed E-state index contributed by atoms with van der Waals surface area (Å²) >= 11 is 0. The maximum absolute atomic E-state index is 12.5. The van der Waals surface area contributed by atoms with Crippen LogP contribution in [0.4, 0.5) is 4.79 Å². The highest BCUT2D eigenvalue weighted by atomic mass is 16.6. The Morgan fingerprint density at radius 1 is 1.20 bits per heavy atom. The number of rotatable bonds is 5. The Kier molecular flexibility index (Phi) is 7.03. The van der Waals surface area contributed by atoms with Crippen molar-refractivity contribution < 1.29 is 24.1 Å². The van der Waals surface area contributed by atoms with Crippen molar-refractivity contribution in [2.45, 2.75) is 18.8 Å². The van der Waals surface area contributed by atoms with Crippen molar-refractivity contribution in [3.63, 3.8) is 0 Å². The molecule has 8 nitrogen and oxygen atoms in total. The number of aromatic nitrogens is 2. The molecule has 0 spiro atoms. The summed E-state index contributed by atoms with van der Waals surface area (Å²) in [7, 11) is 2.86. The van der Waals surface area contributed by atoms with Crippen LogP contribution >= 0.6 is 0 Å². The Labute approximate surface area is 174 Å². The average molecular weight is 407 g/mol. The van der Waals surface area contributed by atoms with Crippen LogP contribution in [0, 0.1) is 11.8 Å². The van der Waals surface area contributed by atoms with Crippen molar-refractivity contribution in [2.75, 3.05) is 14.2 Å². The summed E-state index contributed by atoms with van der Waals surface area (Å²) < 4.78 is 15.4. The summed E-state index contributed by atoms with van der Waals surface area (Å²) in [4.78, 5) is 21.9. The number of ether oxygens (including phenoxy) is 3. The van der Waals surface area contributed by atoms with Crippen molar-refractivity contribution in [1.82, 2.24) is 14.9 Å². The topological polar surface area (TPSA) is 94.0 Å². The van der Waals surface area contributed by atoms with Crippen molar-refractivity contribution in [1.29, 1.82) is 0 Å². The number of allylic oxidation sites excluding steroid dienone is 2. The molecule has 154 valence electrons. The van der Waals surface area contributed by atoms with Crippen molar-refractivity contribution in [2.24, 2.45) is 0 Å². The van der Waals surface area contributed by atoms with Crippen LogP contribution in [0.25, 0.3) is 0 Å². The van der Waals surface area contributed by atoms with Crippen LogP contribution in [0.2, 0.25) is 0 Å². The molecule has 1 N–H and O–H groups in total. The Hall–Kier alpha value is -3.83. The van der Waals surface area contributed by atoms with Gasteiger partial charge in [-0.3, -0.25) is 4.90 Å². The van der Waals surface area contributed by atoms with E-state index in [2.05, 4.69) is 21.8 Å². The van der Waals surface area contributed by atoms with Gasteiger partial charge in [0.15, 0.2) is 6.10 Å². The van der Waals surface area contributed by atoms with Gasteiger partial charge in [-0.2, -0.15) is 9.97 Å². The number of aliphatic hydroxyl groups is 1. The molecule has 1 aromatic carbocycles. The zero-order valence-corrected chi connectivity index (χ0v) is 16.6. The van der Waals surface area contributed by atoms with E-state index in [0.717, 1.165) is 5.56 Å². The van der Waals surface area contributed by atoms with Gasteiger partial charge in [0, 0.05) is 12.3 Å². The molecule has 1 aromatic heterocycles. The van der Waals surface area contributed by atoms with Crippen molar-refractivity contribution >= 4 is 6.09 Å². The predicted octanol–water partition coefficient (Wildman–Crippen LogP) is 2.62. The summed E-state index contributed by atoms with van der Waals surface area (Å²) in [6, 6.07) is 10.3. The van der Waals surface area contributed by atoms with Gasteiger partial charge in [-0.05, 0) is 17.7 Å². The van der Waals surface area contributed by atoms with E-state index in [9.17, 15) is 9.90 Å². The van der Waals surface area contributed by atoms with Crippen LogP contribution in [0.1, 0.15) is 17.4 Å². The monoisotopic (exact) mass is 407 g/mol. The molecule has 1 amide bonds. The number of benzene rings is 1. The third-order valence-electron chi connectivity index (χ3n) is 4.11. The molecule has 8 heteroatoms. The molecule has 0 fully saturated rings. The van der Waals surface area contributed by atoms with E-state index in [1.165, 1.54) is 25.2 Å². The highest BCUT2D eigenvalue weighted by Crippen LogP contribution is 2.19. The van der Waals surface area contributed by atoms with Gasteiger partial charge < -0.3 is 19.3 Å². The third-order valence-corrected chi connectivity index (χ3v) is 4.11. The first-order valence-electron chi connectivity index (χ1n) is 9.11. The van der Waals surface area contributed by atoms with Gasteiger partial charge in [-0.1, -0.05) is 48.2 Å². The third kappa shape index (κ3) is 5.37. The molecule has 2 atom stereocenters. The van der Waals surface area contributed by atoms with Gasteiger partial charge in [0.2, 0.25) is 5.88 Å². The van der Waals surface area contributed by atoms with E-state index in [1.807, 2.05) is 30.3 Å². The zero-order valence-electron chi connectivity index (χ0n) is 16.6. The second-order valence-corrected chi connectivity index (χ2v) is 6.13. The van der Waals surface area contributed by atoms with Gasteiger partial charge >= 0.3 is 12.1 Å². The van der Waals surface area contributed by atoms with Gasteiger partial charge in [-0.15, -0.1) is 0 Å². The van der Waals surface area contributed by atoms with Gasteiger partial charge in [0.25, 0.3) is 0 Å². The molecule has 2 aromatic rings. The fourth-order valence-corrected chi connectivity index (χ4v) is 2.58. The van der Waals surface area contributed by atoms with E-state index in [1.54, 1.807) is 24.4 Å². The minimum atomic E-state index is -1.22. The lowest BCUT2D eigenvalue weighted by atomic mass is 10.1. The lowest BCUT2D eigenvalue weighted by Gasteiger charge is -2.24. The predicted molar refractivity (Wildman–Crippen MR) is 108 cm³/mol. The Morgan fingerprint density at radius 2 is 2.00 bits per heavy atom. The van der Waals surface area contributed by atoms with Crippen LogP contribution < -0.4 is 9.47 Å². The first-order chi connectivity index (χ1) is 14.6. The number of aliphatic hydroxyl groups excluding tert-OH is 1. The Morgan fingerprint density at radius 3 is 2.73 bits per heavy atom. The minimum Gasteiger partial charge on any atom is -0.481 e. The molecule has 2 heterocycles. The molecular weight excluding hydrogens is 386 g/mol. The van der Waals surface area contributed by atoms with E-state index in [0.29, 0.717) is 0 Å². The van der Waals surface area contributed by atoms with Gasteiger partial charge in [0.1, 0.15) is 12.6 Å². The molecule has 0 bridgehead atoms. The maximum atomic E-state index is 12.5. The molecule has 2 unspecified atom stereocenters. The van der Waals surface area contributed by atoms with Crippen molar-refractivity contribution in [3.05, 3.63) is 72.1 Å². The number of nitrogens with zero attached hydrogens (tertiary/aromatic N) is 3. The van der Waals surface area contributed by atoms with E-state index in [4.69, 9.17) is 14.2 Å². The maximum Gasteiger partial charge on any atom is 0.415 e. The average Bonchev–Trinajstić information content (AvgIpc) is 2.81. The Balaban J connectivity index is 1.70. The first kappa shape index (κ1) is 20.9. The summed E-state index contributed by atoms with van der Waals surface area (Å²) in [5, 5.41) is 10.4. The lowest BCUT2D eigenvalue weighted by molar-refractivity contribution is 0.108. The summed E-state index contributed by atoms with van der Waals surface area (Å²) in [5.41, 5.74) is 1.10. The SMILES string of the molecule is COc1cc(C(O)C#CC2C=CC=CN2C(=O)OCc2ccccc2)nc(OC)n1. The van der Waals surface area contributed by atoms with E-state index >= 15 is 0 Å². The molecule has 0 saturated carbocycles. The van der Waals surface area contributed by atoms with Crippen LogP contribution in [-0.4, -0.2) is 46.3 Å². The number of carbonyl (C=O) groups excluding carboxylic acids is 1. The molecule has 1 aliphatic heterocycles. The molecule has 3 rings (SSSR count). The molecule has 30 heavy (non-hydrogen) atoms. The molecule has 0 radical (unpaired) electrons. The smallest absolute Gasteiger partial charge is 0.415 e. The van der Waals surface area contributed by atoms with Gasteiger partial charge in [0.05, 0.1) is 19.9 Å². The van der Waals surface area contributed by atoms with Crippen LogP contribution in [-0.2, 0) is 11.3 Å². The number of methoxy groups -OCH3 is 2. The van der Waals surface area contributed by atoms with Crippen LogP contribution in [0.5, 0.6) is 11.9 Å². The molecular formula is C22H21N3O5. The van der Waals surface area contributed by atoms with E-state index in [-0.39, 0.29) is 24.2 Å². The summed E-state index contributed by atoms with van der Waals surface area (Å²) in [6.45, 7) is 0.150. The standard InChI is InChI=1S/C22H21N3O5/c1-28-20-14-18(23-21(24-20)29-2)19(26)12-11-17-10-6-7-13-25(17)22(27)30-15-16-8-4-3-5-9-16/h3-10,13-14,17,19,26H,15H2,1-2H3. The summed E-state index contributed by atoms with van der Waals surface area (Å²) in [6.07, 6.45) is 5.01. The number of hydrogen-bond donors (Lipinski definition) is 1. The molecule has 0 aliphatic carbocycles.